The van der Waals surface area contributed by atoms with E-state index in [1.807, 2.05) is 19.1 Å². The molecule has 2 rings (SSSR count). The number of rotatable bonds is 24. The van der Waals surface area contributed by atoms with Crippen molar-refractivity contribution in [3.8, 4) is 12.1 Å². The van der Waals surface area contributed by atoms with Crippen LogP contribution in [-0.2, 0) is 29.1 Å². The van der Waals surface area contributed by atoms with Crippen LogP contribution in [-0.4, -0.2) is 116 Å². The molecule has 0 amide bonds. The first-order valence-corrected chi connectivity index (χ1v) is 18.1. The maximum atomic E-state index is 10.8. The first kappa shape index (κ1) is 40.2. The van der Waals surface area contributed by atoms with E-state index in [0.717, 1.165) is 43.9 Å². The minimum atomic E-state index is -3.88. The van der Waals surface area contributed by atoms with Gasteiger partial charge in [0.15, 0.2) is 5.00 Å². The highest BCUT2D eigenvalue weighted by molar-refractivity contribution is 7.85. The van der Waals surface area contributed by atoms with Gasteiger partial charge in [0.25, 0.3) is 10.1 Å². The third kappa shape index (κ3) is 15.6. The summed E-state index contributed by atoms with van der Waals surface area (Å²) in [6.07, 6.45) is 1.17. The highest BCUT2D eigenvalue weighted by Gasteiger charge is 2.16. The Morgan fingerprint density at radius 3 is 2.06 bits per heavy atom. The van der Waals surface area contributed by atoms with Crippen LogP contribution in [0.3, 0.4) is 0 Å². The van der Waals surface area contributed by atoms with E-state index in [1.165, 1.54) is 11.3 Å². The van der Waals surface area contributed by atoms with Crippen molar-refractivity contribution in [3.63, 3.8) is 0 Å². The lowest BCUT2D eigenvalue weighted by atomic mass is 10.1. The van der Waals surface area contributed by atoms with Gasteiger partial charge in [-0.25, -0.2) is 0 Å². The van der Waals surface area contributed by atoms with Crippen molar-refractivity contribution in [1.29, 1.82) is 10.5 Å². The fraction of sp³-hybridized carbons (Fsp3) is 0.625. The van der Waals surface area contributed by atoms with Gasteiger partial charge in [-0.1, -0.05) is 0 Å². The fourth-order valence-corrected chi connectivity index (χ4v) is 5.95. The first-order valence-electron chi connectivity index (χ1n) is 15.7. The second kappa shape index (κ2) is 21.1. The second-order valence-corrected chi connectivity index (χ2v) is 14.1. The van der Waals surface area contributed by atoms with Crippen molar-refractivity contribution < 1.29 is 36.4 Å². The van der Waals surface area contributed by atoms with Gasteiger partial charge in [-0.05, 0) is 62.9 Å². The van der Waals surface area contributed by atoms with Gasteiger partial charge in [0.2, 0.25) is 0 Å². The number of hydrogen-bond acceptors (Lipinski definition) is 12. The van der Waals surface area contributed by atoms with Crippen molar-refractivity contribution >= 4 is 37.8 Å². The average molecular weight is 694 g/mol. The number of ether oxygens (including phenoxy) is 4. The molecule has 1 aromatic heterocycles. The predicted octanol–water partition coefficient (Wildman–Crippen LogP) is 5.16. The second-order valence-electron chi connectivity index (χ2n) is 11.5. The average Bonchev–Trinajstić information content (AvgIpc) is 3.34. The van der Waals surface area contributed by atoms with E-state index in [1.54, 1.807) is 6.92 Å². The van der Waals surface area contributed by atoms with Crippen molar-refractivity contribution in [2.24, 2.45) is 10.2 Å². The molecule has 2 aromatic rings. The molecule has 15 heteroatoms. The Labute approximate surface area is 283 Å². The van der Waals surface area contributed by atoms with Crippen LogP contribution in [0.5, 0.6) is 0 Å². The Hall–Kier alpha value is -2.99. The zero-order valence-electron chi connectivity index (χ0n) is 28.2. The van der Waals surface area contributed by atoms with Gasteiger partial charge in [-0.15, -0.1) is 21.6 Å². The SMILES string of the molecule is CCN(CCOCCOCCOCCOCC[N+](C)(C)CCCCS(=O)(=O)O)c1ccc(/N=N/c2sc(C#N)c(C)c2C#N)c(C)c1. The fourth-order valence-electron chi connectivity index (χ4n) is 4.51. The van der Waals surface area contributed by atoms with E-state index in [0.29, 0.717) is 90.5 Å². The summed E-state index contributed by atoms with van der Waals surface area (Å²) in [6.45, 7) is 13.0. The molecular formula is C32H49N6O7S2+. The smallest absolute Gasteiger partial charge is 0.264 e. The number of nitriles is 2. The van der Waals surface area contributed by atoms with Gasteiger partial charge >= 0.3 is 0 Å². The molecule has 0 radical (unpaired) electrons. The summed E-state index contributed by atoms with van der Waals surface area (Å²) in [4.78, 5) is 2.69. The van der Waals surface area contributed by atoms with E-state index in [-0.39, 0.29) is 5.75 Å². The van der Waals surface area contributed by atoms with E-state index >= 15 is 0 Å². The van der Waals surface area contributed by atoms with Crippen molar-refractivity contribution in [3.05, 3.63) is 39.8 Å². The Morgan fingerprint density at radius 1 is 0.894 bits per heavy atom. The lowest BCUT2D eigenvalue weighted by Gasteiger charge is -2.29. The van der Waals surface area contributed by atoms with Crippen LogP contribution in [0.15, 0.2) is 28.4 Å². The van der Waals surface area contributed by atoms with Crippen LogP contribution in [0.2, 0.25) is 0 Å². The van der Waals surface area contributed by atoms with Crippen LogP contribution < -0.4 is 4.90 Å². The molecule has 0 spiro atoms. The molecule has 0 saturated heterocycles. The highest BCUT2D eigenvalue weighted by atomic mass is 32.2. The molecule has 0 bridgehead atoms. The molecule has 0 aliphatic carbocycles. The lowest BCUT2D eigenvalue weighted by molar-refractivity contribution is -0.890. The molecule has 0 unspecified atom stereocenters. The van der Waals surface area contributed by atoms with Crippen LogP contribution in [0, 0.1) is 36.5 Å². The highest BCUT2D eigenvalue weighted by Crippen LogP contribution is 2.36. The number of thiophene rings is 1. The molecule has 0 saturated carbocycles. The lowest BCUT2D eigenvalue weighted by Crippen LogP contribution is -2.43. The summed E-state index contributed by atoms with van der Waals surface area (Å²) < 4.78 is 53.7. The van der Waals surface area contributed by atoms with E-state index in [4.69, 9.17) is 23.5 Å². The molecule has 1 heterocycles. The van der Waals surface area contributed by atoms with E-state index in [9.17, 15) is 18.9 Å². The number of likely N-dealkylation sites (N-methyl/N-ethyl adjacent to an activating group) is 2. The summed E-state index contributed by atoms with van der Waals surface area (Å²) in [6, 6.07) is 10.2. The summed E-state index contributed by atoms with van der Waals surface area (Å²) in [5.74, 6) is -0.195. The van der Waals surface area contributed by atoms with Crippen LogP contribution in [0.1, 0.15) is 41.3 Å². The summed E-state index contributed by atoms with van der Waals surface area (Å²) in [5.41, 5.74) is 3.74. The number of nitrogens with zero attached hydrogens (tertiary/aromatic N) is 6. The maximum absolute atomic E-state index is 10.8. The summed E-state index contributed by atoms with van der Waals surface area (Å²) in [5, 5.41) is 27.7. The van der Waals surface area contributed by atoms with Gasteiger partial charge in [0.1, 0.15) is 23.6 Å². The van der Waals surface area contributed by atoms with Crippen LogP contribution in [0.25, 0.3) is 0 Å². The first-order chi connectivity index (χ1) is 22.4. The van der Waals surface area contributed by atoms with E-state index < -0.39 is 10.1 Å². The zero-order chi connectivity index (χ0) is 34.7. The maximum Gasteiger partial charge on any atom is 0.264 e. The largest absolute Gasteiger partial charge is 0.377 e. The van der Waals surface area contributed by atoms with Crippen molar-refractivity contribution in [2.75, 3.05) is 104 Å². The normalized spacial score (nSPS) is 12.0. The van der Waals surface area contributed by atoms with Gasteiger partial charge in [0.05, 0.1) is 90.5 Å². The Bertz CT molecular complexity index is 1470. The third-order valence-corrected chi connectivity index (χ3v) is 9.28. The number of aryl methyl sites for hydroxylation is 1. The van der Waals surface area contributed by atoms with Gasteiger partial charge in [-0.3, -0.25) is 4.55 Å². The number of hydrogen-bond donors (Lipinski definition) is 1. The van der Waals surface area contributed by atoms with Crippen LogP contribution >= 0.6 is 11.3 Å². The molecule has 0 atom stereocenters. The Morgan fingerprint density at radius 2 is 1.51 bits per heavy atom. The summed E-state index contributed by atoms with van der Waals surface area (Å²) >= 11 is 1.17. The minimum Gasteiger partial charge on any atom is -0.377 e. The molecule has 1 aromatic carbocycles. The van der Waals surface area contributed by atoms with Gasteiger partial charge in [-0.2, -0.15) is 18.9 Å². The molecule has 0 fully saturated rings. The molecule has 0 aliphatic heterocycles. The molecule has 1 N–H and O–H groups in total. The van der Waals surface area contributed by atoms with Crippen LogP contribution in [0.4, 0.5) is 16.4 Å². The summed E-state index contributed by atoms with van der Waals surface area (Å²) in [7, 11) is 0.253. The quantitative estimate of drug-likeness (QED) is 0.0671. The number of azo groups is 1. The zero-order valence-corrected chi connectivity index (χ0v) is 29.9. The number of anilines is 1. The van der Waals surface area contributed by atoms with Gasteiger partial charge in [0, 0.05) is 18.8 Å². The number of unbranched alkanes of at least 4 members (excludes halogenated alkanes) is 1. The van der Waals surface area contributed by atoms with Crippen molar-refractivity contribution in [2.45, 2.75) is 33.6 Å². The van der Waals surface area contributed by atoms with E-state index in [2.05, 4.69) is 54.4 Å². The molecular weight excluding hydrogens is 645 g/mol. The third-order valence-electron chi connectivity index (χ3n) is 7.40. The molecule has 47 heavy (non-hydrogen) atoms. The minimum absolute atomic E-state index is 0.195. The topological polar surface area (TPSA) is 167 Å². The molecule has 260 valence electrons. The van der Waals surface area contributed by atoms with Gasteiger partial charge < -0.3 is 28.3 Å². The molecule has 13 nitrogen and oxygen atoms in total. The Kier molecular flexibility index (Phi) is 18.0. The number of quaternary nitrogens is 1. The number of benzene rings is 1. The van der Waals surface area contributed by atoms with Crippen molar-refractivity contribution in [1.82, 2.24) is 0 Å². The monoisotopic (exact) mass is 693 g/mol. The predicted molar refractivity (Wildman–Crippen MR) is 182 cm³/mol. The standard InChI is InChI=1S/C32H48N6O7S2/c1-6-37(28-9-10-30(26(2)23-28)35-36-32-29(24-33)27(3)31(25-34)46-32)11-14-42-16-18-44-20-21-45-19-17-43-15-13-38(4,5)12-7-8-22-47(39,40)41/h9-10,23H,6-8,11-22H2,1-5H3/p+1/b36-35+. The molecule has 0 aliphatic rings. The Balaban J connectivity index is 1.55.